The lowest BCUT2D eigenvalue weighted by molar-refractivity contribution is 0.0591. The number of H-pyrrole nitrogens is 1. The van der Waals surface area contributed by atoms with Gasteiger partial charge in [-0.25, -0.2) is 0 Å². The van der Waals surface area contributed by atoms with Crippen molar-refractivity contribution < 1.29 is 5.11 Å². The number of nitrogens with one attached hydrogen (secondary N) is 1. The van der Waals surface area contributed by atoms with E-state index in [0.29, 0.717) is 17.0 Å². The second kappa shape index (κ2) is 6.81. The minimum absolute atomic E-state index is 0.381. The molecule has 0 saturated carbocycles. The van der Waals surface area contributed by atoms with Crippen LogP contribution in [-0.4, -0.2) is 35.7 Å². The van der Waals surface area contributed by atoms with Crippen molar-refractivity contribution in [1.82, 2.24) is 30.6 Å². The SMILES string of the molecule is OC(c1cccnc1)(c1cccnc1)C(c1ccccc1)c1nn[nH]n1. The van der Waals surface area contributed by atoms with E-state index in [1.807, 2.05) is 42.5 Å². The van der Waals surface area contributed by atoms with Gasteiger partial charge in [-0.3, -0.25) is 9.97 Å². The molecule has 3 heterocycles. The zero-order valence-electron chi connectivity index (χ0n) is 13.8. The summed E-state index contributed by atoms with van der Waals surface area (Å²) in [5.41, 5.74) is 0.607. The van der Waals surface area contributed by atoms with Crippen LogP contribution in [0.25, 0.3) is 0 Å². The monoisotopic (exact) mass is 344 g/mol. The summed E-state index contributed by atoms with van der Waals surface area (Å²) < 4.78 is 0. The molecule has 1 unspecified atom stereocenters. The highest BCUT2D eigenvalue weighted by Crippen LogP contribution is 2.44. The van der Waals surface area contributed by atoms with Gasteiger partial charge in [0.1, 0.15) is 5.60 Å². The summed E-state index contributed by atoms with van der Waals surface area (Å²) in [4.78, 5) is 8.38. The van der Waals surface area contributed by atoms with E-state index in [-0.39, 0.29) is 0 Å². The number of nitrogens with zero attached hydrogens (tertiary/aromatic N) is 5. The van der Waals surface area contributed by atoms with Crippen molar-refractivity contribution in [2.45, 2.75) is 11.5 Å². The number of aliphatic hydroxyl groups is 1. The summed E-state index contributed by atoms with van der Waals surface area (Å²) in [5, 5.41) is 26.5. The highest BCUT2D eigenvalue weighted by Gasteiger charge is 2.45. The van der Waals surface area contributed by atoms with Crippen LogP contribution >= 0.6 is 0 Å². The average Bonchev–Trinajstić information content (AvgIpc) is 3.24. The van der Waals surface area contributed by atoms with Gasteiger partial charge in [-0.2, -0.15) is 5.21 Å². The second-order valence-corrected chi connectivity index (χ2v) is 5.86. The quantitative estimate of drug-likeness (QED) is 0.575. The Labute approximate surface area is 149 Å². The molecule has 0 fully saturated rings. The maximum atomic E-state index is 12.0. The zero-order valence-corrected chi connectivity index (χ0v) is 13.8. The van der Waals surface area contributed by atoms with E-state index in [9.17, 15) is 5.11 Å². The van der Waals surface area contributed by atoms with E-state index in [1.165, 1.54) is 0 Å². The van der Waals surface area contributed by atoms with Gasteiger partial charge in [-0.15, -0.1) is 10.2 Å². The van der Waals surface area contributed by atoms with Crippen molar-refractivity contribution in [2.24, 2.45) is 0 Å². The lowest BCUT2D eigenvalue weighted by Gasteiger charge is -2.35. The first-order valence-corrected chi connectivity index (χ1v) is 8.12. The minimum atomic E-state index is -1.48. The lowest BCUT2D eigenvalue weighted by Crippen LogP contribution is -2.36. The van der Waals surface area contributed by atoms with Gasteiger partial charge in [0.05, 0.1) is 5.92 Å². The largest absolute Gasteiger partial charge is 0.379 e. The number of aromatic nitrogens is 6. The maximum absolute atomic E-state index is 12.0. The normalized spacial score (nSPS) is 12.7. The summed E-state index contributed by atoms with van der Waals surface area (Å²) in [5.74, 6) is -0.220. The third kappa shape index (κ3) is 2.74. The van der Waals surface area contributed by atoms with Crippen molar-refractivity contribution in [3.63, 3.8) is 0 Å². The van der Waals surface area contributed by atoms with Crippen molar-refractivity contribution >= 4 is 0 Å². The van der Waals surface area contributed by atoms with Gasteiger partial charge in [0.2, 0.25) is 0 Å². The second-order valence-electron chi connectivity index (χ2n) is 5.86. The average molecular weight is 344 g/mol. The lowest BCUT2D eigenvalue weighted by atomic mass is 9.73. The molecule has 0 spiro atoms. The molecular weight excluding hydrogens is 328 g/mol. The van der Waals surface area contributed by atoms with Gasteiger partial charge in [-0.05, 0) is 17.7 Å². The predicted molar refractivity (Wildman–Crippen MR) is 93.9 cm³/mol. The zero-order chi connectivity index (χ0) is 17.8. The minimum Gasteiger partial charge on any atom is -0.379 e. The van der Waals surface area contributed by atoms with Crippen molar-refractivity contribution in [1.29, 1.82) is 0 Å². The molecule has 0 aliphatic rings. The Morgan fingerprint density at radius 2 is 1.50 bits per heavy atom. The summed E-state index contributed by atoms with van der Waals surface area (Å²) >= 11 is 0. The van der Waals surface area contributed by atoms with Crippen LogP contribution in [-0.2, 0) is 5.60 Å². The number of benzene rings is 1. The van der Waals surface area contributed by atoms with Crippen LogP contribution in [0, 0.1) is 0 Å². The van der Waals surface area contributed by atoms with Crippen LogP contribution in [0.4, 0.5) is 0 Å². The number of rotatable bonds is 5. The van der Waals surface area contributed by atoms with Crippen molar-refractivity contribution in [2.75, 3.05) is 0 Å². The summed E-state index contributed by atoms with van der Waals surface area (Å²) in [6.07, 6.45) is 6.62. The number of hydrogen-bond donors (Lipinski definition) is 2. The first kappa shape index (κ1) is 16.0. The number of tetrazole rings is 1. The van der Waals surface area contributed by atoms with E-state index in [2.05, 4.69) is 30.6 Å². The van der Waals surface area contributed by atoms with Crippen LogP contribution in [0.2, 0.25) is 0 Å². The molecule has 0 saturated heterocycles. The van der Waals surface area contributed by atoms with Crippen LogP contribution in [0.1, 0.15) is 28.4 Å². The maximum Gasteiger partial charge on any atom is 0.185 e. The molecule has 7 heteroatoms. The van der Waals surface area contributed by atoms with E-state index >= 15 is 0 Å². The van der Waals surface area contributed by atoms with E-state index in [4.69, 9.17) is 0 Å². The molecule has 2 N–H and O–H groups in total. The Kier molecular flexibility index (Phi) is 4.20. The molecule has 3 aromatic heterocycles. The van der Waals surface area contributed by atoms with E-state index in [0.717, 1.165) is 5.56 Å². The summed E-state index contributed by atoms with van der Waals surface area (Å²) in [6, 6.07) is 16.8. The number of hydrogen-bond acceptors (Lipinski definition) is 6. The fourth-order valence-electron chi connectivity index (χ4n) is 3.19. The van der Waals surface area contributed by atoms with Gasteiger partial charge in [0.25, 0.3) is 0 Å². The summed E-state index contributed by atoms with van der Waals surface area (Å²) in [6.45, 7) is 0. The third-order valence-corrected chi connectivity index (χ3v) is 4.37. The Hall–Kier alpha value is -3.45. The Morgan fingerprint density at radius 3 is 2.00 bits per heavy atom. The standard InChI is InChI=1S/C19H16N6O/c26-19(15-8-4-10-20-12-15,16-9-5-11-21-13-16)17(18-22-24-25-23-18)14-6-2-1-3-7-14/h1-13,17,26H,(H,22,23,24,25). The summed E-state index contributed by atoms with van der Waals surface area (Å²) in [7, 11) is 0. The van der Waals surface area contributed by atoms with Crippen molar-refractivity contribution in [3.8, 4) is 0 Å². The highest BCUT2D eigenvalue weighted by atomic mass is 16.3. The fourth-order valence-corrected chi connectivity index (χ4v) is 3.19. The van der Waals surface area contributed by atoms with Gasteiger partial charge in [0.15, 0.2) is 5.82 Å². The van der Waals surface area contributed by atoms with Gasteiger partial charge in [-0.1, -0.05) is 47.7 Å². The van der Waals surface area contributed by atoms with Gasteiger partial charge >= 0.3 is 0 Å². The predicted octanol–water partition coefficient (Wildman–Crippen LogP) is 2.06. The van der Waals surface area contributed by atoms with Crippen LogP contribution in [0.3, 0.4) is 0 Å². The molecule has 0 amide bonds. The first-order valence-electron chi connectivity index (χ1n) is 8.12. The molecular formula is C19H16N6O. The van der Waals surface area contributed by atoms with Gasteiger partial charge < -0.3 is 5.11 Å². The molecule has 7 nitrogen and oxygen atoms in total. The molecule has 0 aliphatic carbocycles. The number of aromatic amines is 1. The number of pyridine rings is 2. The fraction of sp³-hybridized carbons (Fsp3) is 0.105. The van der Waals surface area contributed by atoms with E-state index < -0.39 is 11.5 Å². The Balaban J connectivity index is 2.00. The Morgan fingerprint density at radius 1 is 0.846 bits per heavy atom. The molecule has 1 aromatic carbocycles. The molecule has 0 radical (unpaired) electrons. The van der Waals surface area contributed by atoms with Crippen LogP contribution in [0.15, 0.2) is 79.4 Å². The van der Waals surface area contributed by atoms with Crippen LogP contribution in [0.5, 0.6) is 0 Å². The third-order valence-electron chi connectivity index (χ3n) is 4.37. The first-order chi connectivity index (χ1) is 12.8. The molecule has 4 aromatic rings. The van der Waals surface area contributed by atoms with E-state index in [1.54, 1.807) is 36.9 Å². The topological polar surface area (TPSA) is 100 Å². The smallest absolute Gasteiger partial charge is 0.185 e. The molecule has 26 heavy (non-hydrogen) atoms. The van der Waals surface area contributed by atoms with Gasteiger partial charge in [0, 0.05) is 35.9 Å². The Bertz CT molecular complexity index is 906. The molecule has 4 rings (SSSR count). The molecule has 1 atom stereocenters. The molecule has 128 valence electrons. The van der Waals surface area contributed by atoms with Crippen molar-refractivity contribution in [3.05, 3.63) is 102 Å². The molecule has 0 aliphatic heterocycles. The van der Waals surface area contributed by atoms with Crippen LogP contribution < -0.4 is 0 Å². The highest BCUT2D eigenvalue weighted by molar-refractivity contribution is 5.43. The molecule has 0 bridgehead atoms.